The first-order chi connectivity index (χ1) is 19.0. The second kappa shape index (κ2) is 11.5. The van der Waals surface area contributed by atoms with E-state index in [0.29, 0.717) is 23.8 Å². The van der Waals surface area contributed by atoms with Crippen LogP contribution in [-0.4, -0.2) is 46.6 Å². The Labute approximate surface area is 225 Å². The second-order valence-electron chi connectivity index (χ2n) is 9.28. The highest BCUT2D eigenvalue weighted by molar-refractivity contribution is 5.76. The second-order valence-corrected chi connectivity index (χ2v) is 9.28. The summed E-state index contributed by atoms with van der Waals surface area (Å²) in [5.41, 5.74) is 3.91. The molecule has 4 aromatic rings. The molecular formula is C30H29N2O7+. The molecule has 0 saturated carbocycles. The van der Waals surface area contributed by atoms with E-state index < -0.39 is 22.8 Å². The van der Waals surface area contributed by atoms with Crippen LogP contribution in [0.4, 0.5) is 4.79 Å². The molecule has 0 radical (unpaired) electrons. The molecule has 2 atom stereocenters. The number of oxazole rings is 1. The first-order valence-corrected chi connectivity index (χ1v) is 12.6. The van der Waals surface area contributed by atoms with E-state index in [2.05, 4.69) is 4.98 Å². The number of hydrogen-bond acceptors (Lipinski definition) is 7. The van der Waals surface area contributed by atoms with Crippen LogP contribution in [0.3, 0.4) is 0 Å². The van der Waals surface area contributed by atoms with Gasteiger partial charge in [-0.25, -0.2) is 9.78 Å². The minimum absolute atomic E-state index is 0.0304. The zero-order valence-electron chi connectivity index (χ0n) is 21.5. The lowest BCUT2D eigenvalue weighted by Crippen LogP contribution is -2.64. The molecule has 200 valence electrons. The number of aliphatic carboxylic acids is 1. The third kappa shape index (κ3) is 5.69. The van der Waals surface area contributed by atoms with Crippen molar-refractivity contribution >= 4 is 12.1 Å². The molecule has 1 amide bonds. The Bertz CT molecular complexity index is 1440. The van der Waals surface area contributed by atoms with Gasteiger partial charge in [-0.1, -0.05) is 59.2 Å². The van der Waals surface area contributed by atoms with Crippen LogP contribution in [0.5, 0.6) is 5.75 Å². The molecule has 1 N–H and O–H groups in total. The maximum absolute atomic E-state index is 13.7. The van der Waals surface area contributed by atoms with Gasteiger partial charge in [0.2, 0.25) is 11.9 Å². The fourth-order valence-electron chi connectivity index (χ4n) is 4.70. The highest BCUT2D eigenvalue weighted by atomic mass is 16.8. The number of carboxylic acid groups (broad SMARTS) is 1. The number of quaternary nitrogens is 1. The molecule has 5 rings (SSSR count). The van der Waals surface area contributed by atoms with E-state index in [1.54, 1.807) is 31.4 Å². The van der Waals surface area contributed by atoms with Gasteiger partial charge in [0.05, 0.1) is 12.8 Å². The normalized spacial score (nSPS) is 18.2. The number of methoxy groups -OCH3 is 1. The fourth-order valence-corrected chi connectivity index (χ4v) is 4.70. The molecule has 0 saturated heterocycles. The van der Waals surface area contributed by atoms with E-state index in [9.17, 15) is 14.7 Å². The molecule has 1 aliphatic rings. The van der Waals surface area contributed by atoms with E-state index in [4.69, 9.17) is 18.7 Å². The van der Waals surface area contributed by atoms with E-state index in [-0.39, 0.29) is 26.2 Å². The Hall–Kier alpha value is -4.47. The Balaban J connectivity index is 1.37. The number of carbonyl (C=O) groups excluding carboxylic acids is 1. The number of carboxylic acids is 1. The predicted molar refractivity (Wildman–Crippen MR) is 140 cm³/mol. The molecule has 1 aliphatic heterocycles. The lowest BCUT2D eigenvalue weighted by Gasteiger charge is -2.39. The van der Waals surface area contributed by atoms with Crippen LogP contribution in [-0.2, 0) is 40.4 Å². The first-order valence-electron chi connectivity index (χ1n) is 12.6. The van der Waals surface area contributed by atoms with Crippen LogP contribution in [0.2, 0.25) is 0 Å². The summed E-state index contributed by atoms with van der Waals surface area (Å²) in [6, 6.07) is 22.9. The quantitative estimate of drug-likeness (QED) is 0.295. The third-order valence-electron chi connectivity index (χ3n) is 6.81. The van der Waals surface area contributed by atoms with E-state index in [1.165, 1.54) is 6.26 Å². The molecule has 0 spiro atoms. The van der Waals surface area contributed by atoms with E-state index in [0.717, 1.165) is 22.3 Å². The largest absolute Gasteiger partial charge is 0.551 e. The topological polar surface area (TPSA) is 108 Å². The number of hydroxylamine groups is 3. The fraction of sp³-hybridized carbons (Fsp3) is 0.233. The third-order valence-corrected chi connectivity index (χ3v) is 6.81. The summed E-state index contributed by atoms with van der Waals surface area (Å²) in [6.45, 7) is 0.0247. The van der Waals surface area contributed by atoms with Crippen molar-refractivity contribution in [2.45, 2.75) is 32.0 Å². The first kappa shape index (κ1) is 26.1. The average Bonchev–Trinajstić information content (AvgIpc) is 3.45. The molecule has 3 aromatic carbocycles. The molecule has 1 aromatic heterocycles. The summed E-state index contributed by atoms with van der Waals surface area (Å²) in [7, 11) is 1.57. The lowest BCUT2D eigenvalue weighted by atomic mass is 9.94. The Morgan fingerprint density at radius 3 is 2.44 bits per heavy atom. The van der Waals surface area contributed by atoms with Gasteiger partial charge in [0.25, 0.3) is 0 Å². The van der Waals surface area contributed by atoms with Crippen LogP contribution in [0.25, 0.3) is 11.5 Å². The number of aromatic nitrogens is 1. The SMILES string of the molecule is COc1ccc(COC(=O)[N+]2(OCCc3coc(-c4ccccc4)n3)Cc3ccccc3CC2C(=O)O)cc1. The highest BCUT2D eigenvalue weighted by Crippen LogP contribution is 2.33. The number of ether oxygens (including phenoxy) is 2. The summed E-state index contributed by atoms with van der Waals surface area (Å²) >= 11 is 0. The van der Waals surface area contributed by atoms with E-state index in [1.807, 2.05) is 54.6 Å². The zero-order valence-corrected chi connectivity index (χ0v) is 21.5. The minimum atomic E-state index is -1.18. The number of hydrogen-bond donors (Lipinski definition) is 1. The highest BCUT2D eigenvalue weighted by Gasteiger charge is 2.56. The van der Waals surface area contributed by atoms with Gasteiger partial charge in [-0.05, 0) is 35.4 Å². The molecule has 0 aliphatic carbocycles. The monoisotopic (exact) mass is 529 g/mol. The smallest absolute Gasteiger partial charge is 0.497 e. The van der Waals surface area contributed by atoms with Crippen molar-refractivity contribution in [3.05, 3.63) is 108 Å². The molecule has 0 fully saturated rings. The Morgan fingerprint density at radius 2 is 1.72 bits per heavy atom. The number of fused-ring (bicyclic) bond motifs is 1. The van der Waals surface area contributed by atoms with Gasteiger partial charge in [0.15, 0.2) is 0 Å². The Kier molecular flexibility index (Phi) is 7.72. The van der Waals surface area contributed by atoms with Crippen molar-refractivity contribution in [1.29, 1.82) is 0 Å². The van der Waals surface area contributed by atoms with Gasteiger partial charge in [0, 0.05) is 24.0 Å². The van der Waals surface area contributed by atoms with Gasteiger partial charge in [-0.3, -0.25) is 0 Å². The molecule has 9 nitrogen and oxygen atoms in total. The summed E-state index contributed by atoms with van der Waals surface area (Å²) in [5.74, 6) is 0.0150. The predicted octanol–water partition coefficient (Wildman–Crippen LogP) is 5.19. The summed E-state index contributed by atoms with van der Waals surface area (Å²) < 4.78 is 15.6. The average molecular weight is 530 g/mol. The molecule has 0 bridgehead atoms. The van der Waals surface area contributed by atoms with Gasteiger partial charge in [-0.2, -0.15) is 9.63 Å². The zero-order chi connectivity index (χ0) is 27.2. The minimum Gasteiger partial charge on any atom is -0.497 e. The number of amides is 1. The van der Waals surface area contributed by atoms with Crippen LogP contribution in [0.1, 0.15) is 22.4 Å². The van der Waals surface area contributed by atoms with Crippen LogP contribution < -0.4 is 4.74 Å². The van der Waals surface area contributed by atoms with E-state index >= 15 is 0 Å². The molecular weight excluding hydrogens is 500 g/mol. The van der Waals surface area contributed by atoms with Crippen molar-refractivity contribution < 1.29 is 38.1 Å². The number of carbonyl (C=O) groups is 2. The van der Waals surface area contributed by atoms with Crippen molar-refractivity contribution in [1.82, 2.24) is 4.98 Å². The van der Waals surface area contributed by atoms with Crippen molar-refractivity contribution in [2.75, 3.05) is 13.7 Å². The number of benzene rings is 3. The lowest BCUT2D eigenvalue weighted by molar-refractivity contribution is -1.07. The molecule has 2 heterocycles. The number of rotatable bonds is 9. The van der Waals surface area contributed by atoms with Gasteiger partial charge in [-0.15, -0.1) is 0 Å². The van der Waals surface area contributed by atoms with Gasteiger partial charge in [0.1, 0.15) is 31.8 Å². The van der Waals surface area contributed by atoms with Gasteiger partial charge < -0.3 is 19.0 Å². The van der Waals surface area contributed by atoms with Crippen molar-refractivity contribution in [3.63, 3.8) is 0 Å². The van der Waals surface area contributed by atoms with Crippen molar-refractivity contribution in [2.24, 2.45) is 0 Å². The number of nitrogens with zero attached hydrogens (tertiary/aromatic N) is 2. The molecule has 39 heavy (non-hydrogen) atoms. The van der Waals surface area contributed by atoms with Crippen LogP contribution >= 0.6 is 0 Å². The van der Waals surface area contributed by atoms with Crippen LogP contribution in [0, 0.1) is 0 Å². The van der Waals surface area contributed by atoms with Crippen molar-refractivity contribution in [3.8, 4) is 17.2 Å². The summed E-state index contributed by atoms with van der Waals surface area (Å²) in [5, 5.41) is 10.2. The summed E-state index contributed by atoms with van der Waals surface area (Å²) in [4.78, 5) is 36.9. The maximum atomic E-state index is 13.7. The standard InChI is InChI=1S/C30H28N2O7/c1-36-26-13-11-21(12-14-26)19-38-30(35)32(18-24-10-6-5-9-23(24)17-27(32)29(33)34)39-16-15-25-20-37-28(31-25)22-7-3-2-4-8-22/h2-14,20,27H,15-19H2,1H3/p+1. The summed E-state index contributed by atoms with van der Waals surface area (Å²) in [6.07, 6.45) is 1.22. The molecule has 9 heteroatoms. The Morgan fingerprint density at radius 1 is 1.00 bits per heavy atom. The maximum Gasteiger partial charge on any atom is 0.551 e. The van der Waals surface area contributed by atoms with Gasteiger partial charge >= 0.3 is 12.1 Å². The molecule has 2 unspecified atom stereocenters. The van der Waals surface area contributed by atoms with Crippen LogP contribution in [0.15, 0.2) is 89.5 Å².